The Labute approximate surface area is 215 Å². The lowest BCUT2D eigenvalue weighted by molar-refractivity contribution is -0.150. The summed E-state index contributed by atoms with van der Waals surface area (Å²) in [5, 5.41) is 7.74. The van der Waals surface area contributed by atoms with Crippen LogP contribution >= 0.6 is 0 Å². The molecule has 37 heavy (non-hydrogen) atoms. The van der Waals surface area contributed by atoms with Gasteiger partial charge in [0.2, 0.25) is 0 Å². The van der Waals surface area contributed by atoms with E-state index in [1.54, 1.807) is 19.1 Å². The van der Waals surface area contributed by atoms with Crippen LogP contribution in [0.2, 0.25) is 0 Å². The Morgan fingerprint density at radius 1 is 1.08 bits per heavy atom. The van der Waals surface area contributed by atoms with Crippen molar-refractivity contribution in [1.82, 2.24) is 20.0 Å². The highest BCUT2D eigenvalue weighted by Gasteiger charge is 2.26. The molecule has 1 saturated heterocycles. The summed E-state index contributed by atoms with van der Waals surface area (Å²) in [5.41, 5.74) is 2.98. The molecule has 0 atom stereocenters. The highest BCUT2D eigenvalue weighted by Crippen LogP contribution is 2.32. The predicted octanol–water partition coefficient (Wildman–Crippen LogP) is 2.58. The van der Waals surface area contributed by atoms with E-state index >= 15 is 0 Å². The van der Waals surface area contributed by atoms with E-state index in [9.17, 15) is 14.4 Å². The Kier molecular flexibility index (Phi) is 8.27. The molecule has 0 saturated carbocycles. The third kappa shape index (κ3) is 6.19. The van der Waals surface area contributed by atoms with Gasteiger partial charge >= 0.3 is 5.97 Å². The van der Waals surface area contributed by atoms with Crippen LogP contribution in [0.5, 0.6) is 11.5 Å². The van der Waals surface area contributed by atoms with Gasteiger partial charge in [0, 0.05) is 37.3 Å². The monoisotopic (exact) mass is 508 g/mol. The van der Waals surface area contributed by atoms with Gasteiger partial charge < -0.3 is 24.4 Å². The first-order valence-corrected chi connectivity index (χ1v) is 12.3. The van der Waals surface area contributed by atoms with Crippen LogP contribution in [-0.4, -0.2) is 72.4 Å². The van der Waals surface area contributed by atoms with Crippen molar-refractivity contribution in [3.05, 3.63) is 59.4 Å². The van der Waals surface area contributed by atoms with E-state index in [0.29, 0.717) is 43.1 Å². The topological polar surface area (TPSA) is 112 Å². The summed E-state index contributed by atoms with van der Waals surface area (Å²) in [6.07, 6.45) is 8.87. The standard InChI is InChI=1S/C27H32N4O6/c1-18(32)37-17-26(33)30-13-11-20(12-14-30)28-27(34)22-16-21-7-5-4-6-8-23(31(21)29-22)19-9-10-24(35-2)25(15-19)36-3/h4,6,8-10,15-16,20H,5,7,11-14,17H2,1-3H3,(H,28,34)/b6-4-,23-8-. The number of aromatic nitrogens is 2. The van der Waals surface area contributed by atoms with E-state index in [2.05, 4.69) is 16.5 Å². The number of esters is 1. The molecule has 0 bridgehead atoms. The van der Waals surface area contributed by atoms with E-state index in [0.717, 1.165) is 29.8 Å². The number of nitrogens with one attached hydrogen (secondary N) is 1. The Bertz CT molecular complexity index is 1220. The molecule has 0 radical (unpaired) electrons. The van der Waals surface area contributed by atoms with Gasteiger partial charge in [-0.1, -0.05) is 12.2 Å². The number of hydrogen-bond donors (Lipinski definition) is 1. The molecule has 2 amide bonds. The maximum Gasteiger partial charge on any atom is 0.303 e. The van der Waals surface area contributed by atoms with Crippen molar-refractivity contribution in [3.63, 3.8) is 0 Å². The molecule has 2 aliphatic heterocycles. The second-order valence-corrected chi connectivity index (χ2v) is 8.93. The van der Waals surface area contributed by atoms with E-state index in [1.165, 1.54) is 6.92 Å². The smallest absolute Gasteiger partial charge is 0.303 e. The molecule has 196 valence electrons. The van der Waals surface area contributed by atoms with Crippen LogP contribution in [0.3, 0.4) is 0 Å². The molecule has 10 nitrogen and oxygen atoms in total. The largest absolute Gasteiger partial charge is 0.493 e. The lowest BCUT2D eigenvalue weighted by Gasteiger charge is -2.32. The summed E-state index contributed by atoms with van der Waals surface area (Å²) in [7, 11) is 3.19. The molecular formula is C27H32N4O6. The average Bonchev–Trinajstić information content (AvgIpc) is 3.30. The van der Waals surface area contributed by atoms with Crippen molar-refractivity contribution < 1.29 is 28.6 Å². The average molecular weight is 509 g/mol. The number of carbonyl (C=O) groups excluding carboxylic acids is 3. The number of allylic oxidation sites excluding steroid dienone is 3. The molecule has 0 aliphatic carbocycles. The van der Waals surface area contributed by atoms with Gasteiger partial charge in [-0.2, -0.15) is 5.10 Å². The molecular weight excluding hydrogens is 476 g/mol. The van der Waals surface area contributed by atoms with Crippen LogP contribution in [0, 0.1) is 0 Å². The summed E-state index contributed by atoms with van der Waals surface area (Å²) < 4.78 is 17.5. The first-order chi connectivity index (χ1) is 17.9. The number of fused-ring (bicyclic) bond motifs is 1. The van der Waals surface area contributed by atoms with Gasteiger partial charge in [0.15, 0.2) is 23.8 Å². The van der Waals surface area contributed by atoms with Crippen molar-refractivity contribution in [1.29, 1.82) is 0 Å². The zero-order valence-corrected chi connectivity index (χ0v) is 21.4. The highest BCUT2D eigenvalue weighted by molar-refractivity contribution is 5.93. The number of benzene rings is 1. The molecule has 10 heteroatoms. The number of carbonyl (C=O) groups is 3. The summed E-state index contributed by atoms with van der Waals surface area (Å²) >= 11 is 0. The van der Waals surface area contributed by atoms with Crippen LogP contribution < -0.4 is 14.8 Å². The van der Waals surface area contributed by atoms with Crippen molar-refractivity contribution in [3.8, 4) is 11.5 Å². The molecule has 0 unspecified atom stereocenters. The minimum atomic E-state index is -0.482. The molecule has 0 spiro atoms. The van der Waals surface area contributed by atoms with Crippen LogP contribution in [0.1, 0.15) is 47.9 Å². The van der Waals surface area contributed by atoms with Gasteiger partial charge in [-0.3, -0.25) is 14.4 Å². The lowest BCUT2D eigenvalue weighted by Crippen LogP contribution is -2.47. The van der Waals surface area contributed by atoms with Crippen LogP contribution in [0.15, 0.2) is 42.5 Å². The third-order valence-electron chi connectivity index (χ3n) is 6.46. The van der Waals surface area contributed by atoms with Gasteiger partial charge in [-0.25, -0.2) is 4.68 Å². The number of hydrogen-bond acceptors (Lipinski definition) is 7. The number of ether oxygens (including phenoxy) is 3. The van der Waals surface area contributed by atoms with Gasteiger partial charge in [0.1, 0.15) is 0 Å². The van der Waals surface area contributed by atoms with Crippen molar-refractivity contribution in [2.45, 2.75) is 38.6 Å². The summed E-state index contributed by atoms with van der Waals surface area (Å²) in [4.78, 5) is 37.9. The number of methoxy groups -OCH3 is 2. The number of piperidine rings is 1. The fourth-order valence-corrected chi connectivity index (χ4v) is 4.48. The number of amides is 2. The van der Waals surface area contributed by atoms with Gasteiger partial charge in [0.25, 0.3) is 11.8 Å². The molecule has 1 N–H and O–H groups in total. The summed E-state index contributed by atoms with van der Waals surface area (Å²) in [6.45, 7) is 2.00. The first-order valence-electron chi connectivity index (χ1n) is 12.3. The summed E-state index contributed by atoms with van der Waals surface area (Å²) in [5.74, 6) is 0.287. The second kappa shape index (κ2) is 11.8. The maximum atomic E-state index is 13.1. The molecule has 1 aromatic heterocycles. The molecule has 1 aromatic carbocycles. The predicted molar refractivity (Wildman–Crippen MR) is 136 cm³/mol. The van der Waals surface area contributed by atoms with Gasteiger partial charge in [-0.15, -0.1) is 0 Å². The Morgan fingerprint density at radius 3 is 2.54 bits per heavy atom. The zero-order chi connectivity index (χ0) is 26.4. The number of aryl methyl sites for hydroxylation is 1. The maximum absolute atomic E-state index is 13.1. The lowest BCUT2D eigenvalue weighted by atomic mass is 10.0. The quantitative estimate of drug-likeness (QED) is 0.572. The minimum absolute atomic E-state index is 0.0721. The summed E-state index contributed by atoms with van der Waals surface area (Å²) in [6, 6.07) is 7.43. The van der Waals surface area contributed by atoms with Crippen molar-refractivity contribution >= 4 is 23.5 Å². The molecule has 3 heterocycles. The Morgan fingerprint density at radius 2 is 1.84 bits per heavy atom. The van der Waals surface area contributed by atoms with Gasteiger partial charge in [-0.05, 0) is 56.0 Å². The van der Waals surface area contributed by atoms with E-state index in [4.69, 9.17) is 14.2 Å². The SMILES string of the molecule is COc1ccc(/C2=C/C=C\CCc3cc(C(=O)NC4CCN(C(=O)COC(C)=O)CC4)nn32)cc1OC. The van der Waals surface area contributed by atoms with E-state index in [1.807, 2.05) is 41.1 Å². The highest BCUT2D eigenvalue weighted by atomic mass is 16.5. The van der Waals surface area contributed by atoms with E-state index < -0.39 is 5.97 Å². The molecule has 1 fully saturated rings. The molecule has 2 aromatic rings. The van der Waals surface area contributed by atoms with E-state index in [-0.39, 0.29) is 24.5 Å². The van der Waals surface area contributed by atoms with Crippen molar-refractivity contribution in [2.75, 3.05) is 33.9 Å². The minimum Gasteiger partial charge on any atom is -0.493 e. The fraction of sp³-hybridized carbons (Fsp3) is 0.407. The number of likely N-dealkylation sites (tertiary alicyclic amines) is 1. The third-order valence-corrected chi connectivity index (χ3v) is 6.46. The fourth-order valence-electron chi connectivity index (χ4n) is 4.48. The number of rotatable bonds is 7. The number of nitrogens with zero attached hydrogens (tertiary/aromatic N) is 3. The molecule has 2 aliphatic rings. The van der Waals surface area contributed by atoms with Gasteiger partial charge in [0.05, 0.1) is 19.9 Å². The zero-order valence-electron chi connectivity index (χ0n) is 21.4. The second-order valence-electron chi connectivity index (χ2n) is 8.93. The van der Waals surface area contributed by atoms with Crippen LogP contribution in [0.25, 0.3) is 5.70 Å². The molecule has 4 rings (SSSR count). The van der Waals surface area contributed by atoms with Crippen LogP contribution in [0.4, 0.5) is 0 Å². The Balaban J connectivity index is 1.46. The van der Waals surface area contributed by atoms with Crippen molar-refractivity contribution in [2.24, 2.45) is 0 Å². The normalized spacial score (nSPS) is 17.9. The van der Waals surface area contributed by atoms with Crippen LogP contribution in [-0.2, 0) is 20.7 Å². The Hall–Kier alpha value is -4.08. The first kappa shape index (κ1) is 26.0.